The number of rotatable bonds is 2. The molecule has 0 unspecified atom stereocenters. The monoisotopic (exact) mass is 214 g/mol. The maximum Gasteiger partial charge on any atom is -0.0158 e. The van der Waals surface area contributed by atoms with Crippen LogP contribution in [0.3, 0.4) is 0 Å². The molecule has 1 aromatic carbocycles. The molecule has 0 heteroatoms. The Balaban J connectivity index is 2.65. The van der Waals surface area contributed by atoms with Crippen LogP contribution in [0.25, 0.3) is 5.57 Å². The second-order valence-corrected chi connectivity index (χ2v) is 5.10. The lowest BCUT2D eigenvalue weighted by atomic mass is 9.81. The van der Waals surface area contributed by atoms with E-state index in [1.807, 2.05) is 0 Å². The van der Waals surface area contributed by atoms with Crippen molar-refractivity contribution in [3.63, 3.8) is 0 Å². The van der Waals surface area contributed by atoms with Gasteiger partial charge in [-0.1, -0.05) is 39.0 Å². The first-order valence-electron chi connectivity index (χ1n) is 6.47. The first-order valence-corrected chi connectivity index (χ1v) is 6.47. The van der Waals surface area contributed by atoms with Crippen molar-refractivity contribution in [3.8, 4) is 0 Å². The van der Waals surface area contributed by atoms with Gasteiger partial charge < -0.3 is 0 Å². The van der Waals surface area contributed by atoms with E-state index in [0.717, 1.165) is 6.42 Å². The molecule has 0 aromatic heterocycles. The van der Waals surface area contributed by atoms with Crippen LogP contribution in [0.1, 0.15) is 61.8 Å². The first kappa shape index (κ1) is 11.4. The van der Waals surface area contributed by atoms with E-state index < -0.39 is 0 Å². The summed E-state index contributed by atoms with van der Waals surface area (Å²) >= 11 is 0. The molecule has 0 saturated carbocycles. The minimum absolute atomic E-state index is 0.627. The van der Waals surface area contributed by atoms with Gasteiger partial charge in [-0.3, -0.25) is 0 Å². The van der Waals surface area contributed by atoms with E-state index in [1.54, 1.807) is 16.7 Å². The Labute approximate surface area is 99.4 Å². The lowest BCUT2D eigenvalue weighted by molar-refractivity contribution is 0.842. The zero-order chi connectivity index (χ0) is 11.7. The molecule has 0 saturated heterocycles. The molecule has 0 aliphatic heterocycles. The highest BCUT2D eigenvalue weighted by Gasteiger charge is 2.18. The normalized spacial score (nSPS) is 14.9. The van der Waals surface area contributed by atoms with Gasteiger partial charge >= 0.3 is 0 Å². The van der Waals surface area contributed by atoms with Crippen molar-refractivity contribution in [2.24, 2.45) is 0 Å². The molecule has 0 radical (unpaired) electrons. The van der Waals surface area contributed by atoms with E-state index >= 15 is 0 Å². The summed E-state index contributed by atoms with van der Waals surface area (Å²) < 4.78 is 0. The predicted octanol–water partition coefficient (Wildman–Crippen LogP) is 4.86. The fourth-order valence-corrected chi connectivity index (χ4v) is 2.77. The van der Waals surface area contributed by atoms with Crippen molar-refractivity contribution in [1.29, 1.82) is 0 Å². The summed E-state index contributed by atoms with van der Waals surface area (Å²) in [6.45, 7) is 9.12. The molecular formula is C16H22. The van der Waals surface area contributed by atoms with E-state index in [9.17, 15) is 0 Å². The maximum atomic E-state index is 2.44. The molecule has 0 nitrogen and oxygen atoms in total. The van der Waals surface area contributed by atoms with Crippen LogP contribution in [0, 0.1) is 6.92 Å². The lowest BCUT2D eigenvalue weighted by Gasteiger charge is -2.24. The molecule has 0 atom stereocenters. The number of benzene rings is 1. The summed E-state index contributed by atoms with van der Waals surface area (Å²) in [5, 5.41) is 0. The molecule has 86 valence electrons. The minimum atomic E-state index is 0.627. The standard InChI is InChI=1S/C16H22/c1-5-13-7-6-8-15-12(4)9-10-14(11(2)3)16(13)15/h7,9-11H,5-6,8H2,1-4H3. The topological polar surface area (TPSA) is 0 Å². The van der Waals surface area contributed by atoms with Gasteiger partial charge in [0.2, 0.25) is 0 Å². The summed E-state index contributed by atoms with van der Waals surface area (Å²) in [7, 11) is 0. The Morgan fingerprint density at radius 3 is 2.62 bits per heavy atom. The van der Waals surface area contributed by atoms with Crippen molar-refractivity contribution in [1.82, 2.24) is 0 Å². The molecule has 1 aliphatic rings. The van der Waals surface area contributed by atoms with Gasteiger partial charge in [-0.05, 0) is 59.9 Å². The Kier molecular flexibility index (Phi) is 3.18. The van der Waals surface area contributed by atoms with Crippen molar-refractivity contribution < 1.29 is 0 Å². The first-order chi connectivity index (χ1) is 7.65. The van der Waals surface area contributed by atoms with Gasteiger partial charge in [0.25, 0.3) is 0 Å². The Hall–Kier alpha value is -1.04. The fraction of sp³-hybridized carbons (Fsp3) is 0.500. The van der Waals surface area contributed by atoms with E-state index in [1.165, 1.54) is 24.0 Å². The highest BCUT2D eigenvalue weighted by atomic mass is 14.2. The molecule has 16 heavy (non-hydrogen) atoms. The highest BCUT2D eigenvalue weighted by Crippen LogP contribution is 2.36. The van der Waals surface area contributed by atoms with Crippen LogP contribution in [0.4, 0.5) is 0 Å². The van der Waals surface area contributed by atoms with Gasteiger partial charge in [-0.2, -0.15) is 0 Å². The average Bonchev–Trinajstić information content (AvgIpc) is 2.28. The summed E-state index contributed by atoms with van der Waals surface area (Å²) in [5.41, 5.74) is 7.75. The predicted molar refractivity (Wildman–Crippen MR) is 71.9 cm³/mol. The summed E-state index contributed by atoms with van der Waals surface area (Å²) in [6.07, 6.45) is 6.05. The largest absolute Gasteiger partial charge is 0.0804 e. The zero-order valence-electron chi connectivity index (χ0n) is 10.9. The molecule has 1 aliphatic carbocycles. The van der Waals surface area contributed by atoms with Crippen LogP contribution in [0.15, 0.2) is 18.2 Å². The SMILES string of the molecule is CCC1=CCCc2c(C)ccc(C(C)C)c21. The van der Waals surface area contributed by atoms with E-state index in [2.05, 4.69) is 45.9 Å². The average molecular weight is 214 g/mol. The molecular weight excluding hydrogens is 192 g/mol. The molecule has 0 heterocycles. The van der Waals surface area contributed by atoms with E-state index in [4.69, 9.17) is 0 Å². The maximum absolute atomic E-state index is 2.44. The van der Waals surface area contributed by atoms with Gasteiger partial charge in [-0.25, -0.2) is 0 Å². The minimum Gasteiger partial charge on any atom is -0.0804 e. The number of hydrogen-bond acceptors (Lipinski definition) is 0. The summed E-state index contributed by atoms with van der Waals surface area (Å²) in [5.74, 6) is 0.627. The van der Waals surface area contributed by atoms with Crippen molar-refractivity contribution >= 4 is 5.57 Å². The number of allylic oxidation sites excluding steroid dienone is 2. The Morgan fingerprint density at radius 1 is 1.25 bits per heavy atom. The molecule has 0 N–H and O–H groups in total. The highest BCUT2D eigenvalue weighted by molar-refractivity contribution is 5.74. The smallest absolute Gasteiger partial charge is 0.0158 e. The third kappa shape index (κ3) is 1.81. The molecule has 1 aromatic rings. The molecule has 0 bridgehead atoms. The van der Waals surface area contributed by atoms with Gasteiger partial charge in [-0.15, -0.1) is 0 Å². The van der Waals surface area contributed by atoms with Crippen molar-refractivity contribution in [2.75, 3.05) is 0 Å². The Bertz CT molecular complexity index is 422. The van der Waals surface area contributed by atoms with Crippen LogP contribution < -0.4 is 0 Å². The van der Waals surface area contributed by atoms with Crippen LogP contribution >= 0.6 is 0 Å². The van der Waals surface area contributed by atoms with E-state index in [0.29, 0.717) is 5.92 Å². The van der Waals surface area contributed by atoms with Gasteiger partial charge in [0.05, 0.1) is 0 Å². The van der Waals surface area contributed by atoms with Gasteiger partial charge in [0.1, 0.15) is 0 Å². The van der Waals surface area contributed by atoms with Crippen LogP contribution in [-0.4, -0.2) is 0 Å². The van der Waals surface area contributed by atoms with Crippen molar-refractivity contribution in [2.45, 2.75) is 52.9 Å². The van der Waals surface area contributed by atoms with Gasteiger partial charge in [0.15, 0.2) is 0 Å². The number of fused-ring (bicyclic) bond motifs is 1. The molecule has 0 spiro atoms. The van der Waals surface area contributed by atoms with Gasteiger partial charge in [0, 0.05) is 0 Å². The third-order valence-electron chi connectivity index (χ3n) is 3.69. The fourth-order valence-electron chi connectivity index (χ4n) is 2.77. The Morgan fingerprint density at radius 2 is 2.00 bits per heavy atom. The third-order valence-corrected chi connectivity index (χ3v) is 3.69. The van der Waals surface area contributed by atoms with Crippen LogP contribution in [-0.2, 0) is 6.42 Å². The second kappa shape index (κ2) is 4.45. The molecule has 0 amide bonds. The zero-order valence-corrected chi connectivity index (χ0v) is 10.9. The van der Waals surface area contributed by atoms with Crippen molar-refractivity contribution in [3.05, 3.63) is 40.5 Å². The number of hydrogen-bond donors (Lipinski definition) is 0. The number of aryl methyl sites for hydroxylation is 1. The summed E-state index contributed by atoms with van der Waals surface area (Å²) in [6, 6.07) is 4.63. The van der Waals surface area contributed by atoms with Crippen LogP contribution in [0.5, 0.6) is 0 Å². The molecule has 0 fully saturated rings. The molecule has 2 rings (SSSR count). The summed E-state index contributed by atoms with van der Waals surface area (Å²) in [4.78, 5) is 0. The second-order valence-electron chi connectivity index (χ2n) is 5.10. The quantitative estimate of drug-likeness (QED) is 0.659. The van der Waals surface area contributed by atoms with E-state index in [-0.39, 0.29) is 0 Å². The van der Waals surface area contributed by atoms with Crippen LogP contribution in [0.2, 0.25) is 0 Å². The lowest BCUT2D eigenvalue weighted by Crippen LogP contribution is -2.07.